The van der Waals surface area contributed by atoms with Gasteiger partial charge in [-0.25, -0.2) is 4.39 Å². The fourth-order valence-corrected chi connectivity index (χ4v) is 2.51. The van der Waals surface area contributed by atoms with Crippen LogP contribution in [0, 0.1) is 11.7 Å². The molecule has 118 valence electrons. The van der Waals surface area contributed by atoms with E-state index in [2.05, 4.69) is 10.6 Å². The zero-order chi connectivity index (χ0) is 16.1. The van der Waals surface area contributed by atoms with Gasteiger partial charge >= 0.3 is 5.97 Å². The first-order valence-corrected chi connectivity index (χ1v) is 7.01. The topological polar surface area (TPSA) is 95.5 Å². The summed E-state index contributed by atoms with van der Waals surface area (Å²) in [5.41, 5.74) is 0.139. The van der Waals surface area contributed by atoms with Gasteiger partial charge in [0.2, 0.25) is 5.91 Å². The molecule has 22 heavy (non-hydrogen) atoms. The molecule has 1 fully saturated rings. The Morgan fingerprint density at radius 1 is 1.27 bits per heavy atom. The van der Waals surface area contributed by atoms with Crippen LogP contribution in [-0.2, 0) is 9.59 Å². The molecule has 0 spiro atoms. The molecule has 1 aliphatic rings. The van der Waals surface area contributed by atoms with Crippen molar-refractivity contribution in [3.63, 3.8) is 0 Å². The maximum atomic E-state index is 13.0. The quantitative estimate of drug-likeness (QED) is 0.754. The number of carbonyl (C=O) groups excluding carboxylic acids is 2. The number of halogens is 1. The van der Waals surface area contributed by atoms with Crippen LogP contribution < -0.4 is 10.6 Å². The van der Waals surface area contributed by atoms with Gasteiger partial charge in [-0.3, -0.25) is 14.4 Å². The third kappa shape index (κ3) is 4.28. The van der Waals surface area contributed by atoms with E-state index in [1.165, 1.54) is 18.2 Å². The monoisotopic (exact) mass is 308 g/mol. The summed E-state index contributed by atoms with van der Waals surface area (Å²) in [7, 11) is 0. The number of carbonyl (C=O) groups is 3. The highest BCUT2D eigenvalue weighted by Crippen LogP contribution is 2.25. The lowest BCUT2D eigenvalue weighted by Crippen LogP contribution is -2.41. The van der Waals surface area contributed by atoms with Crippen molar-refractivity contribution in [2.24, 2.45) is 5.92 Å². The molecular formula is C15H17FN2O4. The number of amides is 2. The molecule has 0 aromatic heterocycles. The molecule has 7 heteroatoms. The molecule has 2 rings (SSSR count). The Kier molecular flexibility index (Phi) is 5.08. The summed E-state index contributed by atoms with van der Waals surface area (Å²) >= 11 is 0. The van der Waals surface area contributed by atoms with E-state index in [1.54, 1.807) is 0 Å². The average Bonchev–Trinajstić information content (AvgIpc) is 2.93. The van der Waals surface area contributed by atoms with Crippen LogP contribution >= 0.6 is 0 Å². The second-order valence-corrected chi connectivity index (χ2v) is 5.31. The molecule has 0 saturated heterocycles. The minimum absolute atomic E-state index is 0.139. The molecule has 2 amide bonds. The Hall–Kier alpha value is -2.44. The van der Waals surface area contributed by atoms with Crippen molar-refractivity contribution in [1.29, 1.82) is 0 Å². The summed E-state index contributed by atoms with van der Waals surface area (Å²) in [5.74, 6) is -2.73. The number of benzene rings is 1. The van der Waals surface area contributed by atoms with Gasteiger partial charge in [-0.05, 0) is 37.5 Å². The molecule has 3 N–H and O–H groups in total. The highest BCUT2D eigenvalue weighted by atomic mass is 19.1. The van der Waals surface area contributed by atoms with Crippen LogP contribution in [0.4, 0.5) is 4.39 Å². The molecule has 0 bridgehead atoms. The van der Waals surface area contributed by atoms with E-state index < -0.39 is 23.6 Å². The molecular weight excluding hydrogens is 291 g/mol. The predicted molar refractivity (Wildman–Crippen MR) is 75.6 cm³/mol. The van der Waals surface area contributed by atoms with Crippen molar-refractivity contribution in [3.05, 3.63) is 35.6 Å². The van der Waals surface area contributed by atoms with Gasteiger partial charge in [0.25, 0.3) is 5.91 Å². The van der Waals surface area contributed by atoms with E-state index in [4.69, 9.17) is 5.11 Å². The third-order valence-electron chi connectivity index (χ3n) is 3.64. The summed E-state index contributed by atoms with van der Waals surface area (Å²) < 4.78 is 13.0. The van der Waals surface area contributed by atoms with Gasteiger partial charge in [0.1, 0.15) is 5.82 Å². The van der Waals surface area contributed by atoms with Gasteiger partial charge in [-0.1, -0.05) is 6.07 Å². The van der Waals surface area contributed by atoms with Crippen LogP contribution in [0.1, 0.15) is 29.6 Å². The van der Waals surface area contributed by atoms with Crippen LogP contribution in [0.15, 0.2) is 24.3 Å². The molecule has 0 heterocycles. The molecule has 2 atom stereocenters. The van der Waals surface area contributed by atoms with E-state index in [0.29, 0.717) is 19.3 Å². The summed E-state index contributed by atoms with van der Waals surface area (Å²) in [5, 5.41) is 14.0. The normalized spacial score (nSPS) is 20.4. The van der Waals surface area contributed by atoms with Crippen LogP contribution in [0.5, 0.6) is 0 Å². The first-order chi connectivity index (χ1) is 10.5. The fourth-order valence-electron chi connectivity index (χ4n) is 2.51. The van der Waals surface area contributed by atoms with Gasteiger partial charge < -0.3 is 15.7 Å². The Morgan fingerprint density at radius 3 is 2.68 bits per heavy atom. The van der Waals surface area contributed by atoms with Gasteiger partial charge in [0, 0.05) is 11.6 Å². The number of hydrogen-bond donors (Lipinski definition) is 3. The summed E-state index contributed by atoms with van der Waals surface area (Å²) in [4.78, 5) is 34.3. The maximum absolute atomic E-state index is 13.0. The highest BCUT2D eigenvalue weighted by molar-refractivity contribution is 5.96. The number of carboxylic acid groups (broad SMARTS) is 1. The lowest BCUT2D eigenvalue weighted by molar-refractivity contribution is -0.141. The van der Waals surface area contributed by atoms with Gasteiger partial charge in [-0.2, -0.15) is 0 Å². The number of hydrogen-bond acceptors (Lipinski definition) is 3. The minimum Gasteiger partial charge on any atom is -0.481 e. The second kappa shape index (κ2) is 7.02. The molecule has 1 saturated carbocycles. The Balaban J connectivity index is 1.76. The van der Waals surface area contributed by atoms with Gasteiger partial charge in [0.05, 0.1) is 12.5 Å². The average molecular weight is 308 g/mol. The number of nitrogens with one attached hydrogen (secondary N) is 2. The molecule has 6 nitrogen and oxygen atoms in total. The van der Waals surface area contributed by atoms with E-state index >= 15 is 0 Å². The van der Waals surface area contributed by atoms with Gasteiger partial charge in [0.15, 0.2) is 0 Å². The van der Waals surface area contributed by atoms with Crippen LogP contribution in [0.25, 0.3) is 0 Å². The fraction of sp³-hybridized carbons (Fsp3) is 0.400. The largest absolute Gasteiger partial charge is 0.481 e. The zero-order valence-corrected chi connectivity index (χ0v) is 11.8. The van der Waals surface area contributed by atoms with Crippen molar-refractivity contribution >= 4 is 17.8 Å². The highest BCUT2D eigenvalue weighted by Gasteiger charge is 2.30. The Bertz CT molecular complexity index is 591. The first kappa shape index (κ1) is 15.9. The predicted octanol–water partition coefficient (Wildman–Crippen LogP) is 0.925. The van der Waals surface area contributed by atoms with Crippen LogP contribution in [0.3, 0.4) is 0 Å². The molecule has 1 aromatic carbocycles. The van der Waals surface area contributed by atoms with Gasteiger partial charge in [-0.15, -0.1) is 0 Å². The number of aliphatic carboxylic acids is 1. The molecule has 1 aliphatic carbocycles. The minimum atomic E-state index is -0.851. The molecule has 0 unspecified atom stereocenters. The summed E-state index contributed by atoms with van der Waals surface area (Å²) in [6.45, 7) is -0.233. The second-order valence-electron chi connectivity index (χ2n) is 5.31. The Morgan fingerprint density at radius 2 is 2.05 bits per heavy atom. The lowest BCUT2D eigenvalue weighted by atomic mass is 10.1. The lowest BCUT2D eigenvalue weighted by Gasteiger charge is -2.13. The first-order valence-electron chi connectivity index (χ1n) is 7.01. The van der Waals surface area contributed by atoms with Crippen molar-refractivity contribution in [2.45, 2.75) is 25.3 Å². The van der Waals surface area contributed by atoms with Crippen molar-refractivity contribution < 1.29 is 23.9 Å². The van der Waals surface area contributed by atoms with Crippen molar-refractivity contribution in [2.75, 3.05) is 6.54 Å². The van der Waals surface area contributed by atoms with Crippen molar-refractivity contribution in [3.8, 4) is 0 Å². The summed E-state index contributed by atoms with van der Waals surface area (Å²) in [6.07, 6.45) is 1.55. The van der Waals surface area contributed by atoms with E-state index in [9.17, 15) is 18.8 Å². The molecule has 1 aromatic rings. The Labute approximate surface area is 126 Å². The van der Waals surface area contributed by atoms with Crippen LogP contribution in [-0.4, -0.2) is 35.5 Å². The zero-order valence-electron chi connectivity index (χ0n) is 11.8. The van der Waals surface area contributed by atoms with E-state index in [0.717, 1.165) is 6.07 Å². The maximum Gasteiger partial charge on any atom is 0.306 e. The third-order valence-corrected chi connectivity index (χ3v) is 3.64. The van der Waals surface area contributed by atoms with Crippen molar-refractivity contribution in [1.82, 2.24) is 10.6 Å². The number of rotatable bonds is 5. The SMILES string of the molecule is O=C(CNC(=O)c1cccc(F)c1)N[C@H]1CC[C@@H](C(=O)O)C1. The summed E-state index contributed by atoms with van der Waals surface area (Å²) in [6, 6.07) is 4.99. The van der Waals surface area contributed by atoms with E-state index in [-0.39, 0.29) is 24.1 Å². The molecule has 0 radical (unpaired) electrons. The standard InChI is InChI=1S/C15H17FN2O4/c16-11-3-1-2-9(6-11)14(20)17-8-13(19)18-12-5-4-10(7-12)15(21)22/h1-3,6,10,12H,4-5,7-8H2,(H,17,20)(H,18,19)(H,21,22)/t10-,12+/m1/s1. The molecule has 0 aliphatic heterocycles. The smallest absolute Gasteiger partial charge is 0.306 e. The van der Waals surface area contributed by atoms with E-state index in [1.807, 2.05) is 0 Å². The van der Waals surface area contributed by atoms with Crippen LogP contribution in [0.2, 0.25) is 0 Å². The number of carboxylic acids is 1.